The monoisotopic (exact) mass is 241 g/mol. The van der Waals surface area contributed by atoms with Crippen molar-refractivity contribution in [3.63, 3.8) is 0 Å². The molecule has 0 aromatic carbocycles. The highest BCUT2D eigenvalue weighted by molar-refractivity contribution is 5.76. The number of rotatable bonds is 7. The van der Waals surface area contributed by atoms with Crippen LogP contribution in [0.2, 0.25) is 0 Å². The Kier molecular flexibility index (Phi) is 7.21. The van der Waals surface area contributed by atoms with Gasteiger partial charge in [0.1, 0.15) is 0 Å². The molecule has 0 bridgehead atoms. The van der Waals surface area contributed by atoms with Gasteiger partial charge < -0.3 is 15.5 Å². The third kappa shape index (κ3) is 6.03. The SMILES string of the molecule is CCN(CC)CCNC(=O)CC1CCCCN1. The Morgan fingerprint density at radius 1 is 1.35 bits per heavy atom. The number of amides is 1. The van der Waals surface area contributed by atoms with Crippen LogP contribution in [0.3, 0.4) is 0 Å². The second-order valence-electron chi connectivity index (χ2n) is 4.73. The summed E-state index contributed by atoms with van der Waals surface area (Å²) in [7, 11) is 0. The predicted molar refractivity (Wildman–Crippen MR) is 71.1 cm³/mol. The maximum absolute atomic E-state index is 11.7. The Bertz CT molecular complexity index is 211. The minimum Gasteiger partial charge on any atom is -0.355 e. The zero-order chi connectivity index (χ0) is 12.5. The molecule has 1 rings (SSSR count). The van der Waals surface area contributed by atoms with Crippen LogP contribution in [0, 0.1) is 0 Å². The van der Waals surface area contributed by atoms with E-state index in [1.165, 1.54) is 12.8 Å². The van der Waals surface area contributed by atoms with Crippen molar-refractivity contribution in [1.29, 1.82) is 0 Å². The van der Waals surface area contributed by atoms with E-state index in [0.717, 1.165) is 39.1 Å². The highest BCUT2D eigenvalue weighted by atomic mass is 16.1. The number of nitrogens with zero attached hydrogens (tertiary/aromatic N) is 1. The Morgan fingerprint density at radius 3 is 2.71 bits per heavy atom. The van der Waals surface area contributed by atoms with Crippen molar-refractivity contribution in [1.82, 2.24) is 15.5 Å². The van der Waals surface area contributed by atoms with E-state index < -0.39 is 0 Å². The molecule has 1 unspecified atom stereocenters. The van der Waals surface area contributed by atoms with Crippen molar-refractivity contribution >= 4 is 5.91 Å². The fourth-order valence-electron chi connectivity index (χ4n) is 2.29. The van der Waals surface area contributed by atoms with Crippen LogP contribution >= 0.6 is 0 Å². The smallest absolute Gasteiger partial charge is 0.221 e. The minimum absolute atomic E-state index is 0.191. The van der Waals surface area contributed by atoms with E-state index in [-0.39, 0.29) is 5.91 Å². The molecule has 17 heavy (non-hydrogen) atoms. The van der Waals surface area contributed by atoms with Gasteiger partial charge in [0.25, 0.3) is 0 Å². The average Bonchev–Trinajstić information content (AvgIpc) is 2.36. The molecule has 1 saturated heterocycles. The van der Waals surface area contributed by atoms with Crippen molar-refractivity contribution in [2.24, 2.45) is 0 Å². The summed E-state index contributed by atoms with van der Waals surface area (Å²) in [5, 5.41) is 6.41. The maximum Gasteiger partial charge on any atom is 0.221 e. The predicted octanol–water partition coefficient (Wildman–Crippen LogP) is 0.977. The summed E-state index contributed by atoms with van der Waals surface area (Å²) < 4.78 is 0. The van der Waals surface area contributed by atoms with E-state index in [0.29, 0.717) is 12.5 Å². The first-order valence-corrected chi connectivity index (χ1v) is 6.98. The van der Waals surface area contributed by atoms with Gasteiger partial charge >= 0.3 is 0 Å². The molecular formula is C13H27N3O. The van der Waals surface area contributed by atoms with E-state index in [4.69, 9.17) is 0 Å². The fourth-order valence-corrected chi connectivity index (χ4v) is 2.29. The molecular weight excluding hydrogens is 214 g/mol. The van der Waals surface area contributed by atoms with E-state index in [9.17, 15) is 4.79 Å². The first-order valence-electron chi connectivity index (χ1n) is 6.98. The van der Waals surface area contributed by atoms with E-state index in [1.807, 2.05) is 0 Å². The van der Waals surface area contributed by atoms with Gasteiger partial charge in [0.05, 0.1) is 0 Å². The molecule has 0 saturated carbocycles. The van der Waals surface area contributed by atoms with Crippen LogP contribution in [-0.2, 0) is 4.79 Å². The van der Waals surface area contributed by atoms with Gasteiger partial charge in [0.15, 0.2) is 0 Å². The fraction of sp³-hybridized carbons (Fsp3) is 0.923. The van der Waals surface area contributed by atoms with Crippen molar-refractivity contribution < 1.29 is 4.79 Å². The number of carbonyl (C=O) groups excluding carboxylic acids is 1. The summed E-state index contributed by atoms with van der Waals surface area (Å²) in [6.45, 7) is 9.20. The highest BCUT2D eigenvalue weighted by Gasteiger charge is 2.15. The lowest BCUT2D eigenvalue weighted by atomic mass is 10.0. The third-order valence-electron chi connectivity index (χ3n) is 3.49. The molecule has 1 fully saturated rings. The number of hydrogen-bond acceptors (Lipinski definition) is 3. The van der Waals surface area contributed by atoms with Gasteiger partial charge in [-0.2, -0.15) is 0 Å². The molecule has 1 atom stereocenters. The summed E-state index contributed by atoms with van der Waals surface area (Å²) in [4.78, 5) is 14.0. The van der Waals surface area contributed by atoms with E-state index in [1.54, 1.807) is 0 Å². The van der Waals surface area contributed by atoms with Crippen molar-refractivity contribution in [3.8, 4) is 0 Å². The van der Waals surface area contributed by atoms with Crippen LogP contribution in [-0.4, -0.2) is 49.6 Å². The van der Waals surface area contributed by atoms with Crippen LogP contribution in [0.4, 0.5) is 0 Å². The lowest BCUT2D eigenvalue weighted by molar-refractivity contribution is -0.121. The first-order chi connectivity index (χ1) is 8.26. The van der Waals surface area contributed by atoms with Crippen LogP contribution in [0.15, 0.2) is 0 Å². The van der Waals surface area contributed by atoms with Crippen LogP contribution in [0.25, 0.3) is 0 Å². The molecule has 0 radical (unpaired) electrons. The second-order valence-corrected chi connectivity index (χ2v) is 4.73. The molecule has 0 aliphatic carbocycles. The molecule has 0 spiro atoms. The second kappa shape index (κ2) is 8.48. The maximum atomic E-state index is 11.7. The van der Waals surface area contributed by atoms with E-state index >= 15 is 0 Å². The Hall–Kier alpha value is -0.610. The van der Waals surface area contributed by atoms with Gasteiger partial charge in [-0.3, -0.25) is 4.79 Å². The first kappa shape index (κ1) is 14.5. The number of hydrogen-bond donors (Lipinski definition) is 2. The molecule has 4 nitrogen and oxygen atoms in total. The lowest BCUT2D eigenvalue weighted by Gasteiger charge is -2.23. The third-order valence-corrected chi connectivity index (χ3v) is 3.49. The molecule has 2 N–H and O–H groups in total. The quantitative estimate of drug-likeness (QED) is 0.698. The van der Waals surface area contributed by atoms with Crippen molar-refractivity contribution in [3.05, 3.63) is 0 Å². The van der Waals surface area contributed by atoms with Gasteiger partial charge in [-0.05, 0) is 32.5 Å². The topological polar surface area (TPSA) is 44.4 Å². The van der Waals surface area contributed by atoms with Gasteiger partial charge in [-0.25, -0.2) is 0 Å². The molecule has 100 valence electrons. The number of nitrogens with one attached hydrogen (secondary N) is 2. The van der Waals surface area contributed by atoms with Crippen LogP contribution in [0.1, 0.15) is 39.5 Å². The van der Waals surface area contributed by atoms with Gasteiger partial charge in [-0.1, -0.05) is 20.3 Å². The number of likely N-dealkylation sites (N-methyl/N-ethyl adjacent to an activating group) is 1. The van der Waals surface area contributed by atoms with Gasteiger partial charge in [-0.15, -0.1) is 0 Å². The van der Waals surface area contributed by atoms with E-state index in [2.05, 4.69) is 29.4 Å². The Balaban J connectivity index is 2.07. The van der Waals surface area contributed by atoms with Crippen LogP contribution in [0.5, 0.6) is 0 Å². The van der Waals surface area contributed by atoms with Crippen molar-refractivity contribution in [2.75, 3.05) is 32.7 Å². The zero-order valence-corrected chi connectivity index (χ0v) is 11.3. The standard InChI is InChI=1S/C13H27N3O/c1-3-16(4-2)10-9-15-13(17)11-12-7-5-6-8-14-12/h12,14H,3-11H2,1-2H3,(H,15,17). The molecule has 1 aliphatic rings. The largest absolute Gasteiger partial charge is 0.355 e. The molecule has 1 aliphatic heterocycles. The summed E-state index contributed by atoms with van der Waals surface area (Å²) in [5.41, 5.74) is 0. The summed E-state index contributed by atoms with van der Waals surface area (Å²) in [6, 6.07) is 0.400. The highest BCUT2D eigenvalue weighted by Crippen LogP contribution is 2.09. The summed E-state index contributed by atoms with van der Waals surface area (Å²) in [5.74, 6) is 0.191. The van der Waals surface area contributed by atoms with Crippen molar-refractivity contribution in [2.45, 2.75) is 45.6 Å². The summed E-state index contributed by atoms with van der Waals surface area (Å²) >= 11 is 0. The van der Waals surface area contributed by atoms with Gasteiger partial charge in [0.2, 0.25) is 5.91 Å². The minimum atomic E-state index is 0.191. The molecule has 4 heteroatoms. The molecule has 0 aromatic rings. The summed E-state index contributed by atoms with van der Waals surface area (Å²) in [6.07, 6.45) is 4.28. The Labute approximate surface area is 105 Å². The molecule has 0 aromatic heterocycles. The average molecular weight is 241 g/mol. The normalized spacial score (nSPS) is 20.5. The molecule has 1 heterocycles. The van der Waals surface area contributed by atoms with Gasteiger partial charge in [0, 0.05) is 25.6 Å². The van der Waals surface area contributed by atoms with Crippen LogP contribution < -0.4 is 10.6 Å². The zero-order valence-electron chi connectivity index (χ0n) is 11.3. The number of carbonyl (C=O) groups is 1. The lowest BCUT2D eigenvalue weighted by Crippen LogP contribution is -2.40. The number of piperidine rings is 1. The molecule has 1 amide bonds. The Morgan fingerprint density at radius 2 is 2.12 bits per heavy atom.